The van der Waals surface area contributed by atoms with Crippen LogP contribution in [0.15, 0.2) is 6.07 Å². The lowest BCUT2D eigenvalue weighted by molar-refractivity contribution is -0.134. The Kier molecular flexibility index (Phi) is 5.42. The second-order valence-corrected chi connectivity index (χ2v) is 8.29. The summed E-state index contributed by atoms with van der Waals surface area (Å²) in [6, 6.07) is 1.95. The van der Waals surface area contributed by atoms with Gasteiger partial charge in [0.15, 0.2) is 0 Å². The lowest BCUT2D eigenvalue weighted by atomic mass is 9.90. The number of likely N-dealkylation sites (tertiary alicyclic amines) is 1. The van der Waals surface area contributed by atoms with Gasteiger partial charge in [-0.2, -0.15) is 0 Å². The van der Waals surface area contributed by atoms with Gasteiger partial charge in [0.1, 0.15) is 0 Å². The van der Waals surface area contributed by atoms with E-state index in [1.54, 1.807) is 4.90 Å². The molecule has 1 aromatic heterocycles. The molecule has 0 radical (unpaired) electrons. The molecule has 0 spiro atoms. The minimum absolute atomic E-state index is 0.0140. The van der Waals surface area contributed by atoms with Gasteiger partial charge in [0, 0.05) is 24.9 Å². The molecule has 0 unspecified atom stereocenters. The van der Waals surface area contributed by atoms with Crippen molar-refractivity contribution in [1.29, 1.82) is 0 Å². The van der Waals surface area contributed by atoms with E-state index in [2.05, 4.69) is 17.8 Å². The first-order chi connectivity index (χ1) is 11.9. The molecule has 1 aliphatic carbocycles. The third-order valence-corrected chi connectivity index (χ3v) is 6.33. The van der Waals surface area contributed by atoms with Gasteiger partial charge in [0.2, 0.25) is 11.8 Å². The summed E-state index contributed by atoms with van der Waals surface area (Å²) in [5.74, 6) is -0.114. The van der Waals surface area contributed by atoms with E-state index in [0.717, 1.165) is 25.7 Å². The van der Waals surface area contributed by atoms with Gasteiger partial charge in [-0.25, -0.2) is 0 Å². The number of carbonyl (C=O) groups is 3. The molecule has 1 aliphatic heterocycles. The Hall–Kier alpha value is -1.89. The number of aryl methyl sites for hydroxylation is 1. The topological polar surface area (TPSA) is 78.5 Å². The first-order valence-electron chi connectivity index (χ1n) is 8.91. The van der Waals surface area contributed by atoms with Crippen molar-refractivity contribution in [2.45, 2.75) is 46.0 Å². The van der Waals surface area contributed by atoms with Gasteiger partial charge < -0.3 is 4.90 Å². The van der Waals surface area contributed by atoms with E-state index in [-0.39, 0.29) is 23.6 Å². The zero-order chi connectivity index (χ0) is 18.0. The molecule has 2 aliphatic rings. The number of hydrazine groups is 1. The van der Waals surface area contributed by atoms with Crippen molar-refractivity contribution in [1.82, 2.24) is 15.8 Å². The van der Waals surface area contributed by atoms with E-state index in [1.807, 2.05) is 6.07 Å². The van der Waals surface area contributed by atoms with E-state index in [9.17, 15) is 14.4 Å². The number of nitrogens with zero attached hydrogens (tertiary/aromatic N) is 1. The van der Waals surface area contributed by atoms with Crippen molar-refractivity contribution in [3.05, 3.63) is 21.4 Å². The van der Waals surface area contributed by atoms with Crippen molar-refractivity contribution in [2.24, 2.45) is 11.8 Å². The van der Waals surface area contributed by atoms with Gasteiger partial charge in [-0.1, -0.05) is 6.92 Å². The van der Waals surface area contributed by atoms with Crippen molar-refractivity contribution in [3.63, 3.8) is 0 Å². The highest BCUT2D eigenvalue weighted by Crippen LogP contribution is 2.32. The molecule has 6 nitrogen and oxygen atoms in total. The number of fused-ring (bicyclic) bond motifs is 1. The van der Waals surface area contributed by atoms with E-state index < -0.39 is 0 Å². The smallest absolute Gasteiger partial charge is 0.279 e. The number of carbonyl (C=O) groups excluding carboxylic acids is 3. The standard InChI is InChI=1S/C18H25N3O3S/c1-11-5-6-15-14(8-11)9-16(25-15)18(24)20-19-17(23)13-4-3-7-21(10-13)12(2)22/h9,11,13H,3-8,10H2,1-2H3,(H,19,23)(H,20,24)/t11-,13-/m1/s1. The molecule has 0 aromatic carbocycles. The predicted octanol–water partition coefficient (Wildman–Crippen LogP) is 1.89. The maximum absolute atomic E-state index is 12.3. The highest BCUT2D eigenvalue weighted by Gasteiger charge is 2.27. The lowest BCUT2D eigenvalue weighted by Gasteiger charge is -2.31. The van der Waals surface area contributed by atoms with Crippen LogP contribution in [0.5, 0.6) is 0 Å². The number of piperidine rings is 1. The van der Waals surface area contributed by atoms with E-state index in [1.165, 1.54) is 35.1 Å². The number of amides is 3. The molecule has 0 bridgehead atoms. The zero-order valence-electron chi connectivity index (χ0n) is 14.8. The third-order valence-electron chi connectivity index (χ3n) is 5.09. The fourth-order valence-corrected chi connectivity index (χ4v) is 4.68. The molecule has 2 heterocycles. The van der Waals surface area contributed by atoms with Crippen molar-refractivity contribution in [2.75, 3.05) is 13.1 Å². The van der Waals surface area contributed by atoms with Crippen molar-refractivity contribution >= 4 is 29.1 Å². The van der Waals surface area contributed by atoms with Gasteiger partial charge in [-0.3, -0.25) is 25.2 Å². The van der Waals surface area contributed by atoms with Crippen LogP contribution < -0.4 is 10.9 Å². The van der Waals surface area contributed by atoms with Crippen molar-refractivity contribution < 1.29 is 14.4 Å². The van der Waals surface area contributed by atoms with Crippen LogP contribution in [0.1, 0.15) is 53.2 Å². The highest BCUT2D eigenvalue weighted by molar-refractivity contribution is 7.14. The van der Waals surface area contributed by atoms with E-state index in [0.29, 0.717) is 23.9 Å². The van der Waals surface area contributed by atoms with Crippen LogP contribution in [-0.4, -0.2) is 35.7 Å². The maximum atomic E-state index is 12.3. The number of rotatable bonds is 2. The average molecular weight is 363 g/mol. The molecule has 1 saturated heterocycles. The van der Waals surface area contributed by atoms with Crippen molar-refractivity contribution in [3.8, 4) is 0 Å². The Balaban J connectivity index is 1.53. The van der Waals surface area contributed by atoms with E-state index in [4.69, 9.17) is 0 Å². The van der Waals surface area contributed by atoms with Gasteiger partial charge in [-0.15, -0.1) is 11.3 Å². The molecule has 25 heavy (non-hydrogen) atoms. The molecule has 1 fully saturated rings. The summed E-state index contributed by atoms with van der Waals surface area (Å²) in [4.78, 5) is 39.7. The minimum Gasteiger partial charge on any atom is -0.342 e. The van der Waals surface area contributed by atoms with Crippen LogP contribution in [0, 0.1) is 11.8 Å². The molecule has 7 heteroatoms. The van der Waals surface area contributed by atoms with E-state index >= 15 is 0 Å². The molecule has 3 amide bonds. The molecule has 1 aromatic rings. The molecular weight excluding hydrogens is 338 g/mol. The summed E-state index contributed by atoms with van der Waals surface area (Å²) in [7, 11) is 0. The summed E-state index contributed by atoms with van der Waals surface area (Å²) in [6.07, 6.45) is 4.76. The lowest BCUT2D eigenvalue weighted by Crippen LogP contribution is -2.49. The summed E-state index contributed by atoms with van der Waals surface area (Å²) >= 11 is 1.52. The maximum Gasteiger partial charge on any atom is 0.279 e. The quantitative estimate of drug-likeness (QED) is 0.788. The first kappa shape index (κ1) is 17.9. The molecule has 2 N–H and O–H groups in total. The largest absolute Gasteiger partial charge is 0.342 e. The van der Waals surface area contributed by atoms with Gasteiger partial charge in [0.05, 0.1) is 10.8 Å². The normalized spacial score (nSPS) is 22.9. The fourth-order valence-electron chi connectivity index (χ4n) is 3.58. The van der Waals surface area contributed by atoms with Crippen LogP contribution in [0.3, 0.4) is 0 Å². The Labute approximate surface area is 151 Å². The van der Waals surface area contributed by atoms with Crippen LogP contribution in [0.4, 0.5) is 0 Å². The summed E-state index contributed by atoms with van der Waals surface area (Å²) in [5, 5.41) is 0. The van der Waals surface area contributed by atoms with Crippen LogP contribution in [0.25, 0.3) is 0 Å². The number of hydrogen-bond donors (Lipinski definition) is 2. The average Bonchev–Trinajstić information content (AvgIpc) is 3.02. The first-order valence-corrected chi connectivity index (χ1v) is 9.73. The Morgan fingerprint density at radius 3 is 2.80 bits per heavy atom. The van der Waals surface area contributed by atoms with Crippen LogP contribution in [-0.2, 0) is 22.4 Å². The molecule has 136 valence electrons. The van der Waals surface area contributed by atoms with Gasteiger partial charge in [-0.05, 0) is 49.7 Å². The van der Waals surface area contributed by atoms with Gasteiger partial charge >= 0.3 is 0 Å². The SMILES string of the molecule is CC(=O)N1CCC[C@@H](C(=O)NNC(=O)c2cc3c(s2)CC[C@@H](C)C3)C1. The second kappa shape index (κ2) is 7.56. The van der Waals surface area contributed by atoms with Crippen LogP contribution >= 0.6 is 11.3 Å². The molecule has 0 saturated carbocycles. The molecule has 3 rings (SSSR count). The van der Waals surface area contributed by atoms with Gasteiger partial charge in [0.25, 0.3) is 5.91 Å². The summed E-state index contributed by atoms with van der Waals surface area (Å²) in [5.41, 5.74) is 6.33. The van der Waals surface area contributed by atoms with Crippen LogP contribution in [0.2, 0.25) is 0 Å². The second-order valence-electron chi connectivity index (χ2n) is 7.15. The molecular formula is C18H25N3O3S. The Morgan fingerprint density at radius 2 is 2.04 bits per heavy atom. The number of hydrogen-bond acceptors (Lipinski definition) is 4. The summed E-state index contributed by atoms with van der Waals surface area (Å²) < 4.78 is 0. The monoisotopic (exact) mass is 363 g/mol. The third kappa shape index (κ3) is 4.21. The Bertz CT molecular complexity index is 685. The minimum atomic E-state index is -0.268. The fraction of sp³-hybridized carbons (Fsp3) is 0.611. The zero-order valence-corrected chi connectivity index (χ0v) is 15.6. The summed E-state index contributed by atoms with van der Waals surface area (Å²) in [6.45, 7) is 4.86. The number of nitrogens with one attached hydrogen (secondary N) is 2. The number of thiophene rings is 1. The predicted molar refractivity (Wildman–Crippen MR) is 96.1 cm³/mol. The highest BCUT2D eigenvalue weighted by atomic mass is 32.1. The molecule has 2 atom stereocenters. The Morgan fingerprint density at radius 1 is 1.24 bits per heavy atom.